The maximum absolute atomic E-state index is 14.0. The van der Waals surface area contributed by atoms with Gasteiger partial charge in [-0.25, -0.2) is 0 Å². The van der Waals surface area contributed by atoms with Crippen LogP contribution in [-0.4, -0.2) is 42.2 Å². The number of carbonyl (C=O) groups is 2. The summed E-state index contributed by atoms with van der Waals surface area (Å²) < 4.78 is 62.8. The van der Waals surface area contributed by atoms with Crippen LogP contribution in [0.3, 0.4) is 0 Å². The van der Waals surface area contributed by atoms with Crippen LogP contribution in [0.15, 0.2) is 106 Å². The van der Waals surface area contributed by atoms with Crippen LogP contribution in [0.5, 0.6) is 0 Å². The van der Waals surface area contributed by atoms with Gasteiger partial charge in [-0.2, -0.15) is 13.2 Å². The van der Waals surface area contributed by atoms with Gasteiger partial charge in [0.2, 0.25) is 5.76 Å². The van der Waals surface area contributed by atoms with Crippen molar-refractivity contribution in [2.24, 2.45) is 0 Å². The third kappa shape index (κ3) is 8.16. The Morgan fingerprint density at radius 3 is 2.11 bits per heavy atom. The number of fused-ring (bicyclic) bond motifs is 1. The van der Waals surface area contributed by atoms with E-state index in [1.54, 1.807) is 0 Å². The third-order valence-corrected chi connectivity index (χ3v) is 11.0. The quantitative estimate of drug-likeness (QED) is 0.115. The SMILES string of the molecule is COC(=O)C1(c2cccc(Br)c2)CC1.Cc1ccc2ccccc2c1C(=O)N(Cc1ccc(B2OC(C)(C)C(C)(C)O2)cc1)Cc1ccc(C(F)(F)F)o1. The van der Waals surface area contributed by atoms with Crippen molar-refractivity contribution in [1.29, 1.82) is 0 Å². The van der Waals surface area contributed by atoms with Crippen LogP contribution in [0.4, 0.5) is 13.2 Å². The van der Waals surface area contributed by atoms with Gasteiger partial charge in [-0.15, -0.1) is 0 Å². The van der Waals surface area contributed by atoms with Crippen molar-refractivity contribution in [1.82, 2.24) is 4.90 Å². The van der Waals surface area contributed by atoms with Gasteiger partial charge in [0.1, 0.15) is 5.76 Å². The van der Waals surface area contributed by atoms with Crippen molar-refractivity contribution in [2.75, 3.05) is 7.11 Å². The lowest BCUT2D eigenvalue weighted by atomic mass is 9.79. The zero-order chi connectivity index (χ0) is 39.1. The molecule has 2 fully saturated rings. The Hall–Kier alpha value is -4.39. The van der Waals surface area contributed by atoms with Crippen molar-refractivity contribution >= 4 is 51.2 Å². The third-order valence-electron chi connectivity index (χ3n) is 10.5. The normalized spacial score (nSPS) is 16.7. The number of methoxy groups -OCH3 is 1. The van der Waals surface area contributed by atoms with Gasteiger partial charge in [0.15, 0.2) is 0 Å². The molecule has 5 aromatic rings. The fourth-order valence-electron chi connectivity index (χ4n) is 6.52. The summed E-state index contributed by atoms with van der Waals surface area (Å²) in [4.78, 5) is 27.1. The molecule has 0 radical (unpaired) electrons. The molecule has 0 N–H and O–H groups in total. The van der Waals surface area contributed by atoms with E-state index in [4.69, 9.17) is 18.5 Å². The van der Waals surface area contributed by atoms with Gasteiger partial charge < -0.3 is 23.4 Å². The van der Waals surface area contributed by atoms with Crippen LogP contribution in [0.25, 0.3) is 10.8 Å². The lowest BCUT2D eigenvalue weighted by molar-refractivity contribution is -0.153. The van der Waals surface area contributed by atoms with Gasteiger partial charge in [-0.05, 0) is 105 Å². The van der Waals surface area contributed by atoms with Gasteiger partial charge in [-0.1, -0.05) is 88.7 Å². The minimum Gasteiger partial charge on any atom is -0.468 e. The number of rotatable bonds is 8. The molecule has 282 valence electrons. The average molecular weight is 805 g/mol. The Morgan fingerprint density at radius 1 is 0.852 bits per heavy atom. The number of aryl methyl sites for hydroxylation is 1. The highest BCUT2D eigenvalue weighted by molar-refractivity contribution is 9.10. The Labute approximate surface area is 322 Å². The first-order valence-corrected chi connectivity index (χ1v) is 18.5. The zero-order valence-corrected chi connectivity index (χ0v) is 32.6. The van der Waals surface area contributed by atoms with Gasteiger partial charge in [0.05, 0.1) is 35.8 Å². The highest BCUT2D eigenvalue weighted by atomic mass is 79.9. The number of hydrogen-bond donors (Lipinski definition) is 0. The molecule has 2 aliphatic rings. The molecule has 0 spiro atoms. The van der Waals surface area contributed by atoms with Crippen molar-refractivity contribution < 1.29 is 41.2 Å². The molecule has 54 heavy (non-hydrogen) atoms. The molecule has 1 aromatic heterocycles. The number of furan rings is 1. The number of esters is 1. The number of benzene rings is 4. The first kappa shape index (κ1) is 39.3. The number of halogens is 4. The van der Waals surface area contributed by atoms with Crippen LogP contribution in [0.1, 0.15) is 79.1 Å². The summed E-state index contributed by atoms with van der Waals surface area (Å²) in [5, 5.41) is 1.68. The summed E-state index contributed by atoms with van der Waals surface area (Å²) in [7, 11) is 0.916. The Morgan fingerprint density at radius 2 is 1.52 bits per heavy atom. The van der Waals surface area contributed by atoms with Crippen molar-refractivity contribution in [3.8, 4) is 0 Å². The maximum atomic E-state index is 14.0. The maximum Gasteiger partial charge on any atom is 0.494 e. The number of alkyl halides is 3. The largest absolute Gasteiger partial charge is 0.494 e. The number of ether oxygens (including phenoxy) is 1. The molecule has 1 saturated carbocycles. The van der Waals surface area contributed by atoms with E-state index < -0.39 is 30.3 Å². The highest BCUT2D eigenvalue weighted by Gasteiger charge is 2.53. The van der Waals surface area contributed by atoms with Gasteiger partial charge in [0, 0.05) is 11.0 Å². The molecule has 1 aliphatic carbocycles. The van der Waals surface area contributed by atoms with E-state index in [0.29, 0.717) is 5.56 Å². The summed E-state index contributed by atoms with van der Waals surface area (Å²) >= 11 is 3.40. The lowest BCUT2D eigenvalue weighted by Crippen LogP contribution is -2.41. The molecule has 2 heterocycles. The molecule has 7 nitrogen and oxygen atoms in total. The van der Waals surface area contributed by atoms with E-state index >= 15 is 0 Å². The molecule has 1 saturated heterocycles. The lowest BCUT2D eigenvalue weighted by Gasteiger charge is -2.32. The van der Waals surface area contributed by atoms with E-state index in [2.05, 4.69) is 15.9 Å². The predicted octanol–water partition coefficient (Wildman–Crippen LogP) is 9.56. The highest BCUT2D eigenvalue weighted by Crippen LogP contribution is 2.49. The second-order valence-corrected chi connectivity index (χ2v) is 15.7. The second-order valence-electron chi connectivity index (χ2n) is 14.8. The molecule has 12 heteroatoms. The summed E-state index contributed by atoms with van der Waals surface area (Å²) in [6.45, 7) is 9.82. The van der Waals surface area contributed by atoms with E-state index in [-0.39, 0.29) is 36.1 Å². The minimum atomic E-state index is -4.61. The van der Waals surface area contributed by atoms with E-state index in [1.807, 2.05) is 120 Å². The standard InChI is InChI=1S/C31H31BF3NO4.C11H11BrO2/c1-20-10-13-22-8-6-7-9-25(22)27(20)28(37)36(19-24-16-17-26(38-24)31(33,34)35)18-21-11-14-23(15-12-21)32-39-29(2,3)30(4,5)40-32;1-14-10(13)11(5-6-11)8-3-2-4-9(12)7-8/h6-17H,18-19H2,1-5H3;2-4,7H,5-6H2,1H3. The molecular formula is C42H42BBrF3NO6. The number of hydrogen-bond acceptors (Lipinski definition) is 6. The van der Waals surface area contributed by atoms with Crippen LogP contribution in [0.2, 0.25) is 0 Å². The predicted molar refractivity (Wildman–Crippen MR) is 205 cm³/mol. The molecule has 0 atom stereocenters. The fourth-order valence-corrected chi connectivity index (χ4v) is 6.92. The van der Waals surface area contributed by atoms with Gasteiger partial charge in [0.25, 0.3) is 5.91 Å². The summed E-state index contributed by atoms with van der Waals surface area (Å²) in [5.41, 5.74) is 2.68. The van der Waals surface area contributed by atoms with Gasteiger partial charge >= 0.3 is 19.3 Å². The smallest absolute Gasteiger partial charge is 0.468 e. The summed E-state index contributed by atoms with van der Waals surface area (Å²) in [6.07, 6.45) is -2.81. The van der Waals surface area contributed by atoms with E-state index in [9.17, 15) is 22.8 Å². The number of amides is 1. The molecule has 1 amide bonds. The number of carbonyl (C=O) groups excluding carboxylic acids is 2. The second kappa shape index (κ2) is 15.0. The van der Waals surface area contributed by atoms with E-state index in [0.717, 1.165) is 56.3 Å². The Bertz CT molecular complexity index is 2140. The van der Waals surface area contributed by atoms with Crippen LogP contribution < -0.4 is 5.46 Å². The van der Waals surface area contributed by atoms with Gasteiger partial charge in [-0.3, -0.25) is 9.59 Å². The molecule has 0 unspecified atom stereocenters. The monoisotopic (exact) mass is 803 g/mol. The van der Waals surface area contributed by atoms with Crippen molar-refractivity contribution in [2.45, 2.75) is 83.3 Å². The molecule has 0 bridgehead atoms. The van der Waals surface area contributed by atoms with E-state index in [1.165, 1.54) is 18.1 Å². The van der Waals surface area contributed by atoms with Crippen LogP contribution in [0, 0.1) is 6.92 Å². The fraction of sp³-hybridized carbons (Fsp3) is 0.333. The Balaban J connectivity index is 0.000000297. The molecule has 4 aromatic carbocycles. The minimum absolute atomic E-state index is 0.0485. The van der Waals surface area contributed by atoms with Crippen molar-refractivity contribution in [3.05, 3.63) is 135 Å². The average Bonchev–Trinajstić information content (AvgIpc) is 3.74. The first-order valence-electron chi connectivity index (χ1n) is 17.7. The van der Waals surface area contributed by atoms with Crippen molar-refractivity contribution in [3.63, 3.8) is 0 Å². The Kier molecular flexibility index (Phi) is 10.9. The molecule has 1 aliphatic heterocycles. The van der Waals surface area contributed by atoms with Crippen LogP contribution >= 0.6 is 15.9 Å². The topological polar surface area (TPSA) is 78.2 Å². The first-order chi connectivity index (χ1) is 25.4. The zero-order valence-electron chi connectivity index (χ0n) is 31.1. The number of nitrogens with zero attached hydrogens (tertiary/aromatic N) is 1. The molecule has 7 rings (SSSR count). The van der Waals surface area contributed by atoms with Crippen LogP contribution in [-0.2, 0) is 43.5 Å². The molecular weight excluding hydrogens is 762 g/mol. The summed E-state index contributed by atoms with van der Waals surface area (Å²) in [6, 6.07) is 28.9. The summed E-state index contributed by atoms with van der Waals surface area (Å²) in [5.74, 6) is -1.46.